The minimum atomic E-state index is -0.303. The summed E-state index contributed by atoms with van der Waals surface area (Å²) in [5, 5.41) is 9.64. The number of thioether (sulfide) groups is 1. The molecule has 0 aliphatic carbocycles. The zero-order valence-electron chi connectivity index (χ0n) is 13.4. The lowest BCUT2D eigenvalue weighted by Gasteiger charge is -2.31. The van der Waals surface area contributed by atoms with Crippen LogP contribution in [0.5, 0.6) is 0 Å². The Balaban J connectivity index is 1.52. The minimum absolute atomic E-state index is 0.0248. The number of carbonyl (C=O) groups excluding carboxylic acids is 2. The van der Waals surface area contributed by atoms with Crippen LogP contribution >= 0.6 is 23.4 Å². The van der Waals surface area contributed by atoms with Gasteiger partial charge >= 0.3 is 0 Å². The van der Waals surface area contributed by atoms with E-state index < -0.39 is 0 Å². The molecule has 3 rings (SSSR count). The number of nitrogens with one attached hydrogen (secondary N) is 3. The van der Waals surface area contributed by atoms with Gasteiger partial charge in [0.15, 0.2) is 0 Å². The molecule has 3 N–H and O–H groups in total. The smallest absolute Gasteiger partial charge is 0.234 e. The molecular formula is C18H18ClN3O2S. The van der Waals surface area contributed by atoms with E-state index in [1.165, 1.54) is 11.8 Å². The van der Waals surface area contributed by atoms with Crippen molar-refractivity contribution in [3.63, 3.8) is 0 Å². The van der Waals surface area contributed by atoms with E-state index in [4.69, 9.17) is 11.6 Å². The van der Waals surface area contributed by atoms with Crippen molar-refractivity contribution in [2.45, 2.75) is 18.0 Å². The average Bonchev–Trinajstić information content (AvgIpc) is 2.62. The van der Waals surface area contributed by atoms with Crippen LogP contribution in [0.1, 0.15) is 18.0 Å². The first-order valence-corrected chi connectivity index (χ1v) is 9.30. The summed E-state index contributed by atoms with van der Waals surface area (Å²) in [4.78, 5) is 24.0. The molecule has 0 bridgehead atoms. The standard InChI is InChI=1S/C18H18ClN3O2S/c19-13-6-8-14(9-7-13)20-17(24)11-25-18-21-15(10-16(23)22-18)12-4-2-1-3-5-12/h1-9,15,18,21H,10-11H2,(H,20,24)(H,22,23). The summed E-state index contributed by atoms with van der Waals surface area (Å²) >= 11 is 7.17. The van der Waals surface area contributed by atoms with Crippen LogP contribution in [0, 0.1) is 0 Å². The zero-order chi connectivity index (χ0) is 17.6. The third kappa shape index (κ3) is 5.22. The van der Waals surface area contributed by atoms with E-state index in [2.05, 4.69) is 16.0 Å². The second-order valence-corrected chi connectivity index (χ2v) is 7.18. The van der Waals surface area contributed by atoms with E-state index >= 15 is 0 Å². The fourth-order valence-electron chi connectivity index (χ4n) is 2.55. The molecule has 2 aromatic carbocycles. The average molecular weight is 376 g/mol. The van der Waals surface area contributed by atoms with E-state index in [9.17, 15) is 9.59 Å². The van der Waals surface area contributed by atoms with Gasteiger partial charge in [-0.25, -0.2) is 0 Å². The summed E-state index contributed by atoms with van der Waals surface area (Å²) in [6, 6.07) is 16.7. The van der Waals surface area contributed by atoms with Crippen LogP contribution in [0.15, 0.2) is 54.6 Å². The normalized spacial score (nSPS) is 20.0. The molecule has 1 heterocycles. The van der Waals surface area contributed by atoms with E-state index in [0.717, 1.165) is 5.56 Å². The number of carbonyl (C=O) groups is 2. The van der Waals surface area contributed by atoms with Crippen LogP contribution in [0.2, 0.25) is 5.02 Å². The van der Waals surface area contributed by atoms with Gasteiger partial charge in [-0.05, 0) is 29.8 Å². The molecule has 2 atom stereocenters. The second-order valence-electron chi connectivity index (χ2n) is 5.65. The van der Waals surface area contributed by atoms with E-state index in [1.54, 1.807) is 24.3 Å². The van der Waals surface area contributed by atoms with Crippen molar-refractivity contribution in [1.29, 1.82) is 0 Å². The fraction of sp³-hybridized carbons (Fsp3) is 0.222. The molecule has 1 aliphatic heterocycles. The van der Waals surface area contributed by atoms with Crippen molar-refractivity contribution in [3.8, 4) is 0 Å². The van der Waals surface area contributed by atoms with Crippen LogP contribution < -0.4 is 16.0 Å². The van der Waals surface area contributed by atoms with Crippen molar-refractivity contribution < 1.29 is 9.59 Å². The molecule has 130 valence electrons. The highest BCUT2D eigenvalue weighted by molar-refractivity contribution is 8.00. The summed E-state index contributed by atoms with van der Waals surface area (Å²) in [5.41, 5.74) is 1.45. The first-order chi connectivity index (χ1) is 12.1. The zero-order valence-corrected chi connectivity index (χ0v) is 14.9. The third-order valence-corrected chi connectivity index (χ3v) is 5.01. The molecule has 0 saturated carbocycles. The molecule has 25 heavy (non-hydrogen) atoms. The van der Waals surface area contributed by atoms with E-state index in [-0.39, 0.29) is 29.1 Å². The Hall–Kier alpha value is -2.02. The van der Waals surface area contributed by atoms with Gasteiger partial charge in [-0.15, -0.1) is 11.8 Å². The Morgan fingerprint density at radius 2 is 1.88 bits per heavy atom. The maximum atomic E-state index is 12.1. The molecule has 0 radical (unpaired) electrons. The van der Waals surface area contributed by atoms with Crippen molar-refractivity contribution in [3.05, 3.63) is 65.2 Å². The van der Waals surface area contributed by atoms with Gasteiger partial charge in [0.25, 0.3) is 0 Å². The molecule has 1 aliphatic rings. The van der Waals surface area contributed by atoms with Gasteiger partial charge in [0.2, 0.25) is 11.8 Å². The summed E-state index contributed by atoms with van der Waals surface area (Å²) in [6.07, 6.45) is 0.387. The van der Waals surface area contributed by atoms with Gasteiger partial charge in [-0.1, -0.05) is 41.9 Å². The monoisotopic (exact) mass is 375 g/mol. The maximum absolute atomic E-state index is 12.1. The van der Waals surface area contributed by atoms with Crippen molar-refractivity contribution in [2.24, 2.45) is 0 Å². The topological polar surface area (TPSA) is 70.2 Å². The quantitative estimate of drug-likeness (QED) is 0.750. The van der Waals surface area contributed by atoms with Gasteiger partial charge in [-0.2, -0.15) is 0 Å². The van der Waals surface area contributed by atoms with Crippen molar-refractivity contribution in [2.75, 3.05) is 11.1 Å². The molecule has 0 spiro atoms. The number of hydrogen-bond acceptors (Lipinski definition) is 4. The lowest BCUT2D eigenvalue weighted by Crippen LogP contribution is -2.51. The summed E-state index contributed by atoms with van der Waals surface area (Å²) in [7, 11) is 0. The number of amides is 2. The molecule has 2 amide bonds. The number of hydrogen-bond donors (Lipinski definition) is 3. The van der Waals surface area contributed by atoms with Crippen LogP contribution in [-0.4, -0.2) is 23.1 Å². The predicted molar refractivity (Wildman–Crippen MR) is 101 cm³/mol. The lowest BCUT2D eigenvalue weighted by molar-refractivity contribution is -0.123. The van der Waals surface area contributed by atoms with Gasteiger partial charge in [0.1, 0.15) is 5.50 Å². The van der Waals surface area contributed by atoms with Gasteiger partial charge in [0.05, 0.1) is 5.75 Å². The van der Waals surface area contributed by atoms with Gasteiger partial charge in [-0.3, -0.25) is 14.9 Å². The number of rotatable bonds is 5. The second kappa shape index (κ2) is 8.38. The maximum Gasteiger partial charge on any atom is 0.234 e. The first-order valence-electron chi connectivity index (χ1n) is 7.87. The highest BCUT2D eigenvalue weighted by Gasteiger charge is 2.27. The SMILES string of the molecule is O=C(CSC1NC(=O)CC(c2ccccc2)N1)Nc1ccc(Cl)cc1. The van der Waals surface area contributed by atoms with Crippen LogP contribution in [0.25, 0.3) is 0 Å². The summed E-state index contributed by atoms with van der Waals surface area (Å²) < 4.78 is 0. The molecule has 1 fully saturated rings. The molecule has 0 aromatic heterocycles. The Morgan fingerprint density at radius 1 is 1.16 bits per heavy atom. The van der Waals surface area contributed by atoms with Crippen LogP contribution in [0.3, 0.4) is 0 Å². The predicted octanol–water partition coefficient (Wildman–Crippen LogP) is 3.15. The summed E-state index contributed by atoms with van der Waals surface area (Å²) in [6.45, 7) is 0. The Labute approximate surface area is 155 Å². The highest BCUT2D eigenvalue weighted by atomic mass is 35.5. The van der Waals surface area contributed by atoms with Crippen molar-refractivity contribution in [1.82, 2.24) is 10.6 Å². The first kappa shape index (κ1) is 17.8. The fourth-order valence-corrected chi connectivity index (χ4v) is 3.54. The van der Waals surface area contributed by atoms with Gasteiger partial charge in [0, 0.05) is 23.2 Å². The van der Waals surface area contributed by atoms with E-state index in [1.807, 2.05) is 30.3 Å². The Kier molecular flexibility index (Phi) is 5.96. The Morgan fingerprint density at radius 3 is 2.60 bits per heavy atom. The minimum Gasteiger partial charge on any atom is -0.332 e. The van der Waals surface area contributed by atoms with Crippen LogP contribution in [0.4, 0.5) is 5.69 Å². The van der Waals surface area contributed by atoms with Gasteiger partial charge < -0.3 is 10.6 Å². The number of halogens is 1. The van der Waals surface area contributed by atoms with E-state index in [0.29, 0.717) is 17.1 Å². The van der Waals surface area contributed by atoms with Crippen molar-refractivity contribution >= 4 is 40.9 Å². The molecular weight excluding hydrogens is 358 g/mol. The third-order valence-electron chi connectivity index (χ3n) is 3.75. The number of benzene rings is 2. The highest BCUT2D eigenvalue weighted by Crippen LogP contribution is 2.23. The molecule has 2 unspecified atom stereocenters. The largest absolute Gasteiger partial charge is 0.332 e. The number of anilines is 1. The lowest BCUT2D eigenvalue weighted by atomic mass is 10.0. The molecule has 2 aromatic rings. The molecule has 1 saturated heterocycles. The summed E-state index contributed by atoms with van der Waals surface area (Å²) in [5.74, 6) is 0.0654. The van der Waals surface area contributed by atoms with Crippen LogP contribution in [-0.2, 0) is 9.59 Å². The molecule has 7 heteroatoms. The Bertz CT molecular complexity index is 740. The molecule has 5 nitrogen and oxygen atoms in total.